The number of carbonyl (C=O) groups is 1. The van der Waals surface area contributed by atoms with Crippen LogP contribution in [0, 0.1) is 3.57 Å². The van der Waals surface area contributed by atoms with Crippen LogP contribution in [0.1, 0.15) is 12.0 Å². The molecule has 0 aliphatic rings. The van der Waals surface area contributed by atoms with Crippen molar-refractivity contribution in [1.82, 2.24) is 4.98 Å². The number of ether oxygens (including phenoxy) is 1. The molecule has 0 unspecified atom stereocenters. The predicted molar refractivity (Wildman–Crippen MR) is 86.9 cm³/mol. The molecule has 0 spiro atoms. The number of hydrogen-bond acceptors (Lipinski definition) is 3. The quantitative estimate of drug-likeness (QED) is 0.808. The zero-order valence-corrected chi connectivity index (χ0v) is 13.3. The molecule has 1 aromatic carbocycles. The van der Waals surface area contributed by atoms with Gasteiger partial charge in [-0.3, -0.25) is 4.79 Å². The Hall–Kier alpha value is -1.63. The molecular weight excluding hydrogens is 367 g/mol. The van der Waals surface area contributed by atoms with Crippen LogP contribution in [0.4, 0.5) is 5.82 Å². The Morgan fingerprint density at radius 1 is 1.25 bits per heavy atom. The van der Waals surface area contributed by atoms with Crippen molar-refractivity contribution in [2.45, 2.75) is 12.8 Å². The van der Waals surface area contributed by atoms with E-state index in [-0.39, 0.29) is 5.91 Å². The minimum absolute atomic E-state index is 0.0328. The van der Waals surface area contributed by atoms with E-state index in [9.17, 15) is 4.79 Å². The summed E-state index contributed by atoms with van der Waals surface area (Å²) in [6.07, 6.45) is 2.85. The van der Waals surface area contributed by atoms with Crippen molar-refractivity contribution in [3.8, 4) is 5.75 Å². The second kappa shape index (κ2) is 7.23. The van der Waals surface area contributed by atoms with Crippen molar-refractivity contribution in [2.75, 3.05) is 12.4 Å². The third-order valence-electron chi connectivity index (χ3n) is 2.79. The van der Waals surface area contributed by atoms with Gasteiger partial charge < -0.3 is 10.1 Å². The van der Waals surface area contributed by atoms with Gasteiger partial charge in [-0.1, -0.05) is 12.1 Å². The van der Waals surface area contributed by atoms with Crippen LogP contribution in [0.15, 0.2) is 42.6 Å². The molecule has 1 heterocycles. The molecule has 0 radical (unpaired) electrons. The van der Waals surface area contributed by atoms with E-state index in [1.165, 1.54) is 0 Å². The number of carbonyl (C=O) groups excluding carboxylic acids is 1. The number of aryl methyl sites for hydroxylation is 1. The van der Waals surface area contributed by atoms with Gasteiger partial charge in [-0.15, -0.1) is 0 Å². The van der Waals surface area contributed by atoms with Crippen molar-refractivity contribution in [2.24, 2.45) is 0 Å². The summed E-state index contributed by atoms with van der Waals surface area (Å²) in [5.41, 5.74) is 1.11. The number of methoxy groups -OCH3 is 1. The van der Waals surface area contributed by atoms with Crippen LogP contribution in [0.3, 0.4) is 0 Å². The Kier molecular flexibility index (Phi) is 5.34. The van der Waals surface area contributed by atoms with Crippen LogP contribution < -0.4 is 10.1 Å². The van der Waals surface area contributed by atoms with Gasteiger partial charge in [0.05, 0.1) is 7.11 Å². The van der Waals surface area contributed by atoms with Gasteiger partial charge in [-0.05, 0) is 58.8 Å². The molecule has 0 aliphatic carbocycles. The van der Waals surface area contributed by atoms with Gasteiger partial charge in [0.25, 0.3) is 0 Å². The van der Waals surface area contributed by atoms with Crippen LogP contribution in [0.5, 0.6) is 5.75 Å². The number of pyridine rings is 1. The summed E-state index contributed by atoms with van der Waals surface area (Å²) in [5, 5.41) is 2.78. The standard InChI is InChI=1S/C15H15IN2O2/c1-20-13-6-2-11(3-7-13)4-9-15(19)18-14-8-5-12(16)10-17-14/h2-3,5-8,10H,4,9H2,1H3,(H,17,18,19). The molecule has 1 aromatic heterocycles. The summed E-state index contributed by atoms with van der Waals surface area (Å²) < 4.78 is 6.14. The summed E-state index contributed by atoms with van der Waals surface area (Å²) in [6, 6.07) is 11.4. The summed E-state index contributed by atoms with van der Waals surface area (Å²) in [7, 11) is 1.64. The fraction of sp³-hybridized carbons (Fsp3) is 0.200. The molecule has 0 bridgehead atoms. The number of rotatable bonds is 5. The molecule has 0 atom stereocenters. The summed E-state index contributed by atoms with van der Waals surface area (Å²) in [4.78, 5) is 16.0. The molecule has 5 heteroatoms. The maximum absolute atomic E-state index is 11.8. The van der Waals surface area contributed by atoms with E-state index < -0.39 is 0 Å². The summed E-state index contributed by atoms with van der Waals surface area (Å²) in [6.45, 7) is 0. The number of hydrogen-bond donors (Lipinski definition) is 1. The van der Waals surface area contributed by atoms with E-state index in [1.54, 1.807) is 19.4 Å². The van der Waals surface area contributed by atoms with Gasteiger partial charge in [0, 0.05) is 16.2 Å². The highest BCUT2D eigenvalue weighted by atomic mass is 127. The first kappa shape index (κ1) is 14.8. The van der Waals surface area contributed by atoms with Gasteiger partial charge in [-0.25, -0.2) is 4.98 Å². The Balaban J connectivity index is 1.83. The Labute approximate surface area is 131 Å². The molecule has 4 nitrogen and oxygen atoms in total. The maximum atomic E-state index is 11.8. The first-order valence-electron chi connectivity index (χ1n) is 6.22. The average molecular weight is 382 g/mol. The molecule has 0 aliphatic heterocycles. The monoisotopic (exact) mass is 382 g/mol. The number of anilines is 1. The minimum Gasteiger partial charge on any atom is -0.497 e. The second-order valence-electron chi connectivity index (χ2n) is 4.26. The molecule has 2 aromatic rings. The molecule has 20 heavy (non-hydrogen) atoms. The molecule has 1 amide bonds. The minimum atomic E-state index is -0.0328. The summed E-state index contributed by atoms with van der Waals surface area (Å²) >= 11 is 2.17. The van der Waals surface area contributed by atoms with E-state index in [2.05, 4.69) is 32.9 Å². The second-order valence-corrected chi connectivity index (χ2v) is 5.50. The highest BCUT2D eigenvalue weighted by Crippen LogP contribution is 2.13. The lowest BCUT2D eigenvalue weighted by molar-refractivity contribution is -0.116. The SMILES string of the molecule is COc1ccc(CCC(=O)Nc2ccc(I)cn2)cc1. The van der Waals surface area contributed by atoms with Crippen molar-refractivity contribution >= 4 is 34.3 Å². The molecule has 0 fully saturated rings. The smallest absolute Gasteiger partial charge is 0.225 e. The summed E-state index contributed by atoms with van der Waals surface area (Å²) in [5.74, 6) is 1.38. The van der Waals surface area contributed by atoms with Crippen molar-refractivity contribution in [1.29, 1.82) is 0 Å². The normalized spacial score (nSPS) is 10.1. The van der Waals surface area contributed by atoms with Crippen LogP contribution in [-0.2, 0) is 11.2 Å². The van der Waals surface area contributed by atoms with Crippen molar-refractivity contribution in [3.05, 3.63) is 51.7 Å². The molecule has 1 N–H and O–H groups in total. The van der Waals surface area contributed by atoms with Crippen molar-refractivity contribution < 1.29 is 9.53 Å². The highest BCUT2D eigenvalue weighted by molar-refractivity contribution is 14.1. The van der Waals surface area contributed by atoms with Gasteiger partial charge >= 0.3 is 0 Å². The third kappa shape index (κ3) is 4.48. The first-order valence-corrected chi connectivity index (χ1v) is 7.29. The zero-order chi connectivity index (χ0) is 14.4. The third-order valence-corrected chi connectivity index (χ3v) is 3.43. The first-order chi connectivity index (χ1) is 9.67. The fourth-order valence-corrected chi connectivity index (χ4v) is 2.02. The maximum Gasteiger partial charge on any atom is 0.225 e. The lowest BCUT2D eigenvalue weighted by atomic mass is 10.1. The number of aromatic nitrogens is 1. The fourth-order valence-electron chi connectivity index (χ4n) is 1.71. The highest BCUT2D eigenvalue weighted by Gasteiger charge is 2.04. The van der Waals surface area contributed by atoms with E-state index in [0.717, 1.165) is 14.9 Å². The average Bonchev–Trinajstić information content (AvgIpc) is 2.48. The lowest BCUT2D eigenvalue weighted by Crippen LogP contribution is -2.13. The van der Waals surface area contributed by atoms with Crippen molar-refractivity contribution in [3.63, 3.8) is 0 Å². The van der Waals surface area contributed by atoms with E-state index in [4.69, 9.17) is 4.74 Å². The number of benzene rings is 1. The Morgan fingerprint density at radius 3 is 2.60 bits per heavy atom. The number of amides is 1. The molecule has 0 saturated heterocycles. The Morgan fingerprint density at radius 2 is 2.00 bits per heavy atom. The van der Waals surface area contributed by atoms with Crippen LogP contribution in [-0.4, -0.2) is 18.0 Å². The predicted octanol–water partition coefficient (Wildman–Crippen LogP) is 3.27. The lowest BCUT2D eigenvalue weighted by Gasteiger charge is -2.05. The van der Waals surface area contributed by atoms with Crippen LogP contribution >= 0.6 is 22.6 Å². The molecular formula is C15H15IN2O2. The van der Waals surface area contributed by atoms with E-state index in [0.29, 0.717) is 18.7 Å². The van der Waals surface area contributed by atoms with Crippen LogP contribution in [0.2, 0.25) is 0 Å². The molecule has 104 valence electrons. The Bertz CT molecular complexity index is 567. The topological polar surface area (TPSA) is 51.2 Å². The largest absolute Gasteiger partial charge is 0.497 e. The van der Waals surface area contributed by atoms with Gasteiger partial charge in [0.15, 0.2) is 0 Å². The number of nitrogens with one attached hydrogen (secondary N) is 1. The molecule has 2 rings (SSSR count). The van der Waals surface area contributed by atoms with Gasteiger partial charge in [-0.2, -0.15) is 0 Å². The zero-order valence-electron chi connectivity index (χ0n) is 11.1. The van der Waals surface area contributed by atoms with E-state index in [1.807, 2.05) is 30.3 Å². The number of nitrogens with zero attached hydrogens (tertiary/aromatic N) is 1. The van der Waals surface area contributed by atoms with Gasteiger partial charge in [0.2, 0.25) is 5.91 Å². The van der Waals surface area contributed by atoms with E-state index >= 15 is 0 Å². The van der Waals surface area contributed by atoms with Crippen LogP contribution in [0.25, 0.3) is 0 Å². The number of halogens is 1. The molecule has 0 saturated carbocycles. The van der Waals surface area contributed by atoms with Gasteiger partial charge in [0.1, 0.15) is 11.6 Å².